The van der Waals surface area contributed by atoms with Crippen molar-refractivity contribution in [3.8, 4) is 0 Å². The van der Waals surface area contributed by atoms with Crippen molar-refractivity contribution in [2.24, 2.45) is 5.92 Å². The summed E-state index contributed by atoms with van der Waals surface area (Å²) >= 11 is 5.36. The summed E-state index contributed by atoms with van der Waals surface area (Å²) in [7, 11) is 0. The van der Waals surface area contributed by atoms with Crippen molar-refractivity contribution in [1.29, 1.82) is 0 Å². The van der Waals surface area contributed by atoms with Crippen LogP contribution < -0.4 is 0 Å². The zero-order valence-corrected chi connectivity index (χ0v) is 10.4. The quantitative estimate of drug-likeness (QED) is 0.832. The topological polar surface area (TPSA) is 42.8 Å². The van der Waals surface area contributed by atoms with Crippen LogP contribution in [0.2, 0.25) is 0 Å². The maximum absolute atomic E-state index is 5.38. The van der Waals surface area contributed by atoms with Crippen molar-refractivity contribution in [2.75, 3.05) is 13.2 Å². The fourth-order valence-electron chi connectivity index (χ4n) is 2.35. The molecule has 0 atom stereocenters. The van der Waals surface area contributed by atoms with Crippen LogP contribution in [0.3, 0.4) is 0 Å². The van der Waals surface area contributed by atoms with Crippen molar-refractivity contribution in [3.05, 3.63) is 23.1 Å². The number of hydrogen-bond acceptors (Lipinski definition) is 3. The minimum absolute atomic E-state index is 0.649. The van der Waals surface area contributed by atoms with Crippen molar-refractivity contribution in [1.82, 2.24) is 14.5 Å². The molecule has 17 heavy (non-hydrogen) atoms. The molecule has 2 aromatic heterocycles. The van der Waals surface area contributed by atoms with E-state index in [1.165, 1.54) is 0 Å². The van der Waals surface area contributed by atoms with Gasteiger partial charge in [-0.1, -0.05) is 0 Å². The Morgan fingerprint density at radius 1 is 1.47 bits per heavy atom. The lowest BCUT2D eigenvalue weighted by molar-refractivity contribution is 0.0614. The van der Waals surface area contributed by atoms with Gasteiger partial charge in [0.25, 0.3) is 0 Å². The van der Waals surface area contributed by atoms with Gasteiger partial charge in [-0.2, -0.15) is 0 Å². The number of ether oxygens (including phenoxy) is 1. The van der Waals surface area contributed by atoms with E-state index in [2.05, 4.69) is 14.5 Å². The van der Waals surface area contributed by atoms with E-state index in [4.69, 9.17) is 17.0 Å². The van der Waals surface area contributed by atoms with Gasteiger partial charge in [0.05, 0.1) is 5.52 Å². The Kier molecular flexibility index (Phi) is 2.94. The van der Waals surface area contributed by atoms with Crippen LogP contribution in [0.5, 0.6) is 0 Å². The molecule has 0 unspecified atom stereocenters. The van der Waals surface area contributed by atoms with Gasteiger partial charge in [-0.05, 0) is 43.1 Å². The van der Waals surface area contributed by atoms with Gasteiger partial charge >= 0.3 is 0 Å². The summed E-state index contributed by atoms with van der Waals surface area (Å²) in [6, 6.07) is 3.94. The molecule has 1 fully saturated rings. The number of imidazole rings is 1. The van der Waals surface area contributed by atoms with E-state index in [0.717, 1.165) is 48.5 Å². The van der Waals surface area contributed by atoms with Gasteiger partial charge in [0.15, 0.2) is 10.4 Å². The molecule has 0 aliphatic carbocycles. The smallest absolute Gasteiger partial charge is 0.179 e. The molecule has 1 N–H and O–H groups in total. The van der Waals surface area contributed by atoms with Gasteiger partial charge in [-0.25, -0.2) is 4.98 Å². The van der Waals surface area contributed by atoms with Crippen LogP contribution in [-0.4, -0.2) is 27.7 Å². The van der Waals surface area contributed by atoms with Gasteiger partial charge in [0.2, 0.25) is 0 Å². The number of aromatic nitrogens is 3. The Balaban J connectivity index is 1.93. The average Bonchev–Trinajstić information content (AvgIpc) is 2.68. The van der Waals surface area contributed by atoms with Crippen LogP contribution in [0.1, 0.15) is 12.8 Å². The normalized spacial score (nSPS) is 17.6. The summed E-state index contributed by atoms with van der Waals surface area (Å²) < 4.78 is 8.26. The molecule has 90 valence electrons. The number of aromatic amines is 1. The molecular formula is C12H15N3OS. The maximum atomic E-state index is 5.38. The molecule has 0 spiro atoms. The van der Waals surface area contributed by atoms with Crippen LogP contribution in [0.15, 0.2) is 18.3 Å². The van der Waals surface area contributed by atoms with Gasteiger partial charge < -0.3 is 14.3 Å². The molecule has 1 aliphatic rings. The van der Waals surface area contributed by atoms with Crippen LogP contribution in [0.4, 0.5) is 0 Å². The van der Waals surface area contributed by atoms with E-state index >= 15 is 0 Å². The van der Waals surface area contributed by atoms with E-state index in [0.29, 0.717) is 5.92 Å². The lowest BCUT2D eigenvalue weighted by Gasteiger charge is -2.22. The van der Waals surface area contributed by atoms with Crippen molar-refractivity contribution in [3.63, 3.8) is 0 Å². The molecule has 0 bridgehead atoms. The summed E-state index contributed by atoms with van der Waals surface area (Å²) in [6.45, 7) is 2.68. The van der Waals surface area contributed by atoms with E-state index in [1.807, 2.05) is 18.3 Å². The second kappa shape index (κ2) is 4.58. The second-order valence-electron chi connectivity index (χ2n) is 4.47. The minimum Gasteiger partial charge on any atom is -0.381 e. The first-order valence-electron chi connectivity index (χ1n) is 5.96. The summed E-state index contributed by atoms with van der Waals surface area (Å²) in [4.78, 5) is 7.60. The fourth-order valence-corrected chi connectivity index (χ4v) is 2.62. The van der Waals surface area contributed by atoms with E-state index in [1.54, 1.807) is 0 Å². The van der Waals surface area contributed by atoms with Gasteiger partial charge in [-0.15, -0.1) is 0 Å². The number of hydrogen-bond donors (Lipinski definition) is 1. The van der Waals surface area contributed by atoms with Crippen molar-refractivity contribution in [2.45, 2.75) is 19.4 Å². The Bertz CT molecular complexity index is 568. The summed E-state index contributed by atoms with van der Waals surface area (Å²) in [5.74, 6) is 0.649. The lowest BCUT2D eigenvalue weighted by Crippen LogP contribution is -2.20. The molecule has 3 rings (SSSR count). The third kappa shape index (κ3) is 2.12. The monoisotopic (exact) mass is 249 g/mol. The molecule has 5 heteroatoms. The molecule has 0 amide bonds. The fraction of sp³-hybridized carbons (Fsp3) is 0.500. The highest BCUT2D eigenvalue weighted by Gasteiger charge is 2.16. The second-order valence-corrected chi connectivity index (χ2v) is 4.86. The SMILES string of the molecule is S=c1[nH]c2cccnc2n1CC1CCOCC1. The number of H-pyrrole nitrogens is 1. The molecule has 4 nitrogen and oxygen atoms in total. The van der Waals surface area contributed by atoms with Crippen molar-refractivity contribution >= 4 is 23.4 Å². The Morgan fingerprint density at radius 2 is 2.29 bits per heavy atom. The minimum atomic E-state index is 0.649. The highest BCUT2D eigenvalue weighted by atomic mass is 32.1. The standard InChI is InChI=1S/C12H15N3OS/c17-12-14-10-2-1-5-13-11(10)15(12)8-9-3-6-16-7-4-9/h1-2,5,9H,3-4,6-8H2,(H,14,17). The van der Waals surface area contributed by atoms with Gasteiger partial charge in [0.1, 0.15) is 0 Å². The number of nitrogens with one attached hydrogen (secondary N) is 1. The number of pyridine rings is 1. The van der Waals surface area contributed by atoms with Gasteiger partial charge in [0, 0.05) is 26.0 Å². The highest BCUT2D eigenvalue weighted by molar-refractivity contribution is 7.71. The first-order valence-corrected chi connectivity index (χ1v) is 6.37. The van der Waals surface area contributed by atoms with Gasteiger partial charge in [-0.3, -0.25) is 0 Å². The molecule has 0 saturated carbocycles. The van der Waals surface area contributed by atoms with E-state index in [9.17, 15) is 0 Å². The van der Waals surface area contributed by atoms with Crippen LogP contribution in [0, 0.1) is 10.7 Å². The molecule has 3 heterocycles. The Labute approximate surface area is 105 Å². The predicted octanol–water partition coefficient (Wildman–Crippen LogP) is 2.52. The molecule has 0 aromatic carbocycles. The lowest BCUT2D eigenvalue weighted by atomic mass is 10.0. The highest BCUT2D eigenvalue weighted by Crippen LogP contribution is 2.19. The summed E-state index contributed by atoms with van der Waals surface area (Å²) in [5.41, 5.74) is 1.98. The third-order valence-electron chi connectivity index (χ3n) is 3.31. The Hall–Kier alpha value is -1.20. The van der Waals surface area contributed by atoms with E-state index in [-0.39, 0.29) is 0 Å². The molecule has 0 radical (unpaired) electrons. The molecular weight excluding hydrogens is 234 g/mol. The zero-order valence-electron chi connectivity index (χ0n) is 9.56. The van der Waals surface area contributed by atoms with E-state index < -0.39 is 0 Å². The molecule has 1 aliphatic heterocycles. The van der Waals surface area contributed by atoms with Crippen LogP contribution >= 0.6 is 12.2 Å². The number of fused-ring (bicyclic) bond motifs is 1. The largest absolute Gasteiger partial charge is 0.381 e. The van der Waals surface area contributed by atoms with Crippen molar-refractivity contribution < 1.29 is 4.74 Å². The number of rotatable bonds is 2. The first kappa shape index (κ1) is 10.9. The Morgan fingerprint density at radius 3 is 3.12 bits per heavy atom. The summed E-state index contributed by atoms with van der Waals surface area (Å²) in [6.07, 6.45) is 4.04. The summed E-state index contributed by atoms with van der Waals surface area (Å²) in [5, 5.41) is 0. The maximum Gasteiger partial charge on any atom is 0.179 e. The molecule has 1 saturated heterocycles. The van der Waals surface area contributed by atoms with Crippen LogP contribution in [-0.2, 0) is 11.3 Å². The van der Waals surface area contributed by atoms with Crippen LogP contribution in [0.25, 0.3) is 11.2 Å². The average molecular weight is 249 g/mol. The predicted molar refractivity (Wildman–Crippen MR) is 68.5 cm³/mol. The zero-order chi connectivity index (χ0) is 11.7. The molecule has 2 aromatic rings. The number of nitrogens with zero attached hydrogens (tertiary/aromatic N) is 2. The first-order chi connectivity index (χ1) is 8.34. The third-order valence-corrected chi connectivity index (χ3v) is 3.63.